The summed E-state index contributed by atoms with van der Waals surface area (Å²) >= 11 is 1.88. The van der Waals surface area contributed by atoms with Crippen molar-refractivity contribution < 1.29 is 0 Å². The average molecular weight is 704 g/mol. The van der Waals surface area contributed by atoms with Crippen LogP contribution < -0.4 is 0 Å². The van der Waals surface area contributed by atoms with E-state index in [0.717, 1.165) is 22.5 Å². The molecule has 0 aliphatic heterocycles. The number of benzene rings is 8. The molecule has 0 N–H and O–H groups in total. The lowest BCUT2D eigenvalue weighted by atomic mass is 9.38. The maximum absolute atomic E-state index is 5.27. The van der Waals surface area contributed by atoms with Crippen LogP contribution in [0.25, 0.3) is 91.8 Å². The molecule has 8 aromatic carbocycles. The van der Waals surface area contributed by atoms with Gasteiger partial charge in [-0.15, -0.1) is 11.3 Å². The molecule has 2 nitrogen and oxygen atoms in total. The van der Waals surface area contributed by atoms with Gasteiger partial charge in [-0.25, -0.2) is 4.98 Å². The monoisotopic (exact) mass is 704 g/mol. The van der Waals surface area contributed by atoms with Crippen molar-refractivity contribution in [3.63, 3.8) is 0 Å². The average Bonchev–Trinajstić information content (AvgIpc) is 3.80. The Morgan fingerprint density at radius 2 is 1.17 bits per heavy atom. The molecule has 0 amide bonds. The van der Waals surface area contributed by atoms with E-state index in [1.807, 2.05) is 11.3 Å². The fourth-order valence-corrected chi connectivity index (χ4v) is 9.48. The Kier molecular flexibility index (Phi) is 7.71. The Balaban J connectivity index is 1.30. The van der Waals surface area contributed by atoms with E-state index in [9.17, 15) is 0 Å². The first-order chi connectivity index (χ1) is 26.4. The van der Waals surface area contributed by atoms with Crippen LogP contribution in [0.3, 0.4) is 0 Å². The normalized spacial score (nSPS) is 12.2. The molecule has 7 heteroatoms. The van der Waals surface area contributed by atoms with Gasteiger partial charge in [-0.3, -0.25) is 4.57 Å². The highest BCUT2D eigenvalue weighted by Crippen LogP contribution is 2.49. The molecule has 0 saturated heterocycles. The predicted molar refractivity (Wildman–Crippen MR) is 245 cm³/mol. The Morgan fingerprint density at radius 3 is 1.98 bits per heavy atom. The minimum Gasteiger partial charge on any atom is -0.297 e. The molecule has 0 atom stereocenters. The van der Waals surface area contributed by atoms with Gasteiger partial charge in [0.25, 0.3) is 0 Å². The Bertz CT molecular complexity index is 3070. The first kappa shape index (κ1) is 32.8. The maximum Gasteiger partial charge on any atom is 0.107 e. The second kappa shape index (κ2) is 12.7. The zero-order valence-electron chi connectivity index (χ0n) is 31.0. The molecule has 0 saturated carbocycles. The molecule has 0 fully saturated rings. The van der Waals surface area contributed by atoms with Crippen LogP contribution in [0.1, 0.15) is 5.82 Å². The van der Waals surface area contributed by atoms with Crippen molar-refractivity contribution in [3.05, 3.63) is 170 Å². The molecule has 2 aromatic heterocycles. The molecule has 10 rings (SSSR count). The number of para-hydroxylation sites is 2. The third-order valence-corrected chi connectivity index (χ3v) is 12.9. The standard InChI is InChI=1S/C47H36B4N2S/c48-45(49)47(50,51)46-52-38-20-7-8-21-39(38)53(46)31-15-10-14-30(26-31)42-32-16-4-5-17-33(32)43(37-27-29(24-25-34(37)42)28-12-2-1-3-13-28)36-19-11-23-41-44(36)35-18-6-9-22-40(35)54-41/h1-27,45H,48-51H2. The minimum absolute atomic E-state index is 0.142. The summed E-state index contributed by atoms with van der Waals surface area (Å²) < 4.78 is 5.03. The van der Waals surface area contributed by atoms with E-state index < -0.39 is 0 Å². The molecular formula is C47H36B4N2S. The second-order valence-electron chi connectivity index (χ2n) is 15.4. The summed E-state index contributed by atoms with van der Waals surface area (Å²) in [5.74, 6) is 1.09. The summed E-state index contributed by atoms with van der Waals surface area (Å²) in [6.07, 6.45) is 0. The summed E-state index contributed by atoms with van der Waals surface area (Å²) in [5, 5.41) is 7.51. The van der Waals surface area contributed by atoms with E-state index in [1.165, 1.54) is 75.1 Å². The van der Waals surface area contributed by atoms with Crippen LogP contribution in [0.4, 0.5) is 0 Å². The molecular weight excluding hydrogens is 668 g/mol. The smallest absolute Gasteiger partial charge is 0.107 e. The highest BCUT2D eigenvalue weighted by atomic mass is 32.1. The van der Waals surface area contributed by atoms with Gasteiger partial charge in [0, 0.05) is 25.9 Å². The number of hydrogen-bond donors (Lipinski definition) is 0. The summed E-state index contributed by atoms with van der Waals surface area (Å²) in [4.78, 5) is 5.27. The zero-order valence-corrected chi connectivity index (χ0v) is 31.8. The van der Waals surface area contributed by atoms with E-state index in [1.54, 1.807) is 0 Å². The summed E-state index contributed by atoms with van der Waals surface area (Å²) in [7, 11) is 9.23. The summed E-state index contributed by atoms with van der Waals surface area (Å²) in [6, 6.07) is 60.3. The van der Waals surface area contributed by atoms with Crippen molar-refractivity contribution in [2.24, 2.45) is 0 Å². The van der Waals surface area contributed by atoms with Crippen molar-refractivity contribution in [2.45, 2.75) is 10.9 Å². The van der Waals surface area contributed by atoms with E-state index >= 15 is 0 Å². The van der Waals surface area contributed by atoms with E-state index in [-0.39, 0.29) is 5.21 Å². The third-order valence-electron chi connectivity index (χ3n) is 11.8. The highest BCUT2D eigenvalue weighted by Gasteiger charge is 2.31. The second-order valence-corrected chi connectivity index (χ2v) is 16.5. The SMILES string of the molecule is BC(B)C(B)(B)c1nc2ccccc2n1-c1cccc(-c2c3ccccc3c(-c3cccc4sc5ccccc5c34)c3cc(-c4ccccc4)ccc23)c1. The van der Waals surface area contributed by atoms with Gasteiger partial charge in [0.15, 0.2) is 0 Å². The molecule has 252 valence electrons. The van der Waals surface area contributed by atoms with Crippen molar-refractivity contribution in [3.8, 4) is 39.1 Å². The fraction of sp³-hybridized carbons (Fsp3) is 0.0426. The Hall–Kier alpha value is -5.77. The summed E-state index contributed by atoms with van der Waals surface area (Å²) in [5.41, 5.74) is 11.1. The lowest BCUT2D eigenvalue weighted by Crippen LogP contribution is -2.36. The number of hydrogen-bond acceptors (Lipinski definition) is 2. The van der Waals surface area contributed by atoms with Crippen LogP contribution in [0.5, 0.6) is 0 Å². The van der Waals surface area contributed by atoms with Crippen molar-refractivity contribution >= 4 is 95.5 Å². The lowest BCUT2D eigenvalue weighted by Gasteiger charge is -2.30. The van der Waals surface area contributed by atoms with Crippen molar-refractivity contribution in [1.29, 1.82) is 0 Å². The van der Waals surface area contributed by atoms with Gasteiger partial charge in [-0.05, 0) is 103 Å². The van der Waals surface area contributed by atoms with Gasteiger partial charge in [0.05, 0.1) is 26.7 Å². The third kappa shape index (κ3) is 5.10. The molecule has 54 heavy (non-hydrogen) atoms. The van der Waals surface area contributed by atoms with Crippen LogP contribution in [0.15, 0.2) is 164 Å². The molecule has 0 spiro atoms. The van der Waals surface area contributed by atoms with Gasteiger partial charge in [-0.1, -0.05) is 127 Å². The van der Waals surface area contributed by atoms with E-state index in [0.29, 0.717) is 5.72 Å². The lowest BCUT2D eigenvalue weighted by molar-refractivity contribution is 0.792. The van der Waals surface area contributed by atoms with Gasteiger partial charge in [0.1, 0.15) is 21.5 Å². The Morgan fingerprint density at radius 1 is 0.519 bits per heavy atom. The minimum atomic E-state index is -0.142. The van der Waals surface area contributed by atoms with Gasteiger partial charge >= 0.3 is 0 Å². The Labute approximate surface area is 323 Å². The van der Waals surface area contributed by atoms with Crippen LogP contribution in [-0.2, 0) is 5.21 Å². The van der Waals surface area contributed by atoms with E-state index in [4.69, 9.17) is 4.98 Å². The maximum atomic E-state index is 5.27. The molecule has 0 aliphatic carbocycles. The molecule has 0 unspecified atom stereocenters. The van der Waals surface area contributed by atoms with Crippen molar-refractivity contribution in [2.75, 3.05) is 0 Å². The van der Waals surface area contributed by atoms with Gasteiger partial charge in [0.2, 0.25) is 0 Å². The van der Waals surface area contributed by atoms with Crippen LogP contribution in [0, 0.1) is 0 Å². The first-order valence-electron chi connectivity index (χ1n) is 18.9. The number of imidazole rings is 1. The summed E-state index contributed by atoms with van der Waals surface area (Å²) in [6.45, 7) is 0. The zero-order chi connectivity index (χ0) is 36.6. The first-order valence-corrected chi connectivity index (χ1v) is 19.7. The topological polar surface area (TPSA) is 17.8 Å². The van der Waals surface area contributed by atoms with Crippen molar-refractivity contribution in [1.82, 2.24) is 9.55 Å². The molecule has 0 aliphatic rings. The molecule has 10 aromatic rings. The molecule has 0 bridgehead atoms. The number of fused-ring (bicyclic) bond motifs is 6. The molecule has 0 radical (unpaired) electrons. The van der Waals surface area contributed by atoms with E-state index in [2.05, 4.69) is 200 Å². The van der Waals surface area contributed by atoms with Crippen LogP contribution in [-0.4, -0.2) is 40.9 Å². The quantitative estimate of drug-likeness (QED) is 0.125. The number of nitrogens with zero attached hydrogens (tertiary/aromatic N) is 2. The fourth-order valence-electron chi connectivity index (χ4n) is 8.35. The number of rotatable bonds is 6. The number of aromatic nitrogens is 2. The largest absolute Gasteiger partial charge is 0.297 e. The van der Waals surface area contributed by atoms with Gasteiger partial charge < -0.3 is 0 Å². The number of thiophene rings is 1. The molecule has 2 heterocycles. The van der Waals surface area contributed by atoms with Crippen LogP contribution >= 0.6 is 11.3 Å². The van der Waals surface area contributed by atoms with Gasteiger partial charge in [-0.2, -0.15) is 0 Å². The predicted octanol–water partition coefficient (Wildman–Crippen LogP) is 9.13. The highest BCUT2D eigenvalue weighted by molar-refractivity contribution is 7.26. The van der Waals surface area contributed by atoms with Crippen LogP contribution in [0.2, 0.25) is 5.72 Å².